The molecule has 4 atom stereocenters. The number of hydrogen-bond donors (Lipinski definition) is 2. The molecule has 0 amide bonds. The lowest BCUT2D eigenvalue weighted by atomic mass is 10.1. The normalized spacial score (nSPS) is 25.6. The zero-order valence-corrected chi connectivity index (χ0v) is 16.0. The molecule has 158 valence electrons. The van der Waals surface area contributed by atoms with Crippen LogP contribution in [0.1, 0.15) is 5.56 Å². The van der Waals surface area contributed by atoms with Crippen LogP contribution < -0.4 is 9.47 Å². The van der Waals surface area contributed by atoms with Gasteiger partial charge in [0.15, 0.2) is 11.8 Å². The molecule has 0 radical (unpaired) electrons. The summed E-state index contributed by atoms with van der Waals surface area (Å²) in [6.45, 7) is -0.0147. The number of aliphatic hydroxyl groups excluding tert-OH is 1. The van der Waals surface area contributed by atoms with Crippen molar-refractivity contribution in [1.82, 2.24) is 19.9 Å². The Morgan fingerprint density at radius 2 is 2.07 bits per heavy atom. The number of halogens is 3. The van der Waals surface area contributed by atoms with Crippen LogP contribution in [0, 0.1) is 11.8 Å². The molecule has 2 aliphatic heterocycles. The van der Waals surface area contributed by atoms with Crippen LogP contribution in [0.3, 0.4) is 0 Å². The van der Waals surface area contributed by atoms with Gasteiger partial charge in [0.25, 0.3) is 6.01 Å². The van der Waals surface area contributed by atoms with Crippen LogP contribution in [0.15, 0.2) is 18.3 Å². The highest BCUT2D eigenvalue weighted by molar-refractivity contribution is 6.32. The molecule has 30 heavy (non-hydrogen) atoms. The Morgan fingerprint density at radius 3 is 2.90 bits per heavy atom. The minimum Gasteiger partial charge on any atom is -0.471 e. The number of pyridine rings is 2. The number of nitrogens with zero attached hydrogens (tertiary/aromatic N) is 3. The predicted octanol–water partition coefficient (Wildman–Crippen LogP) is 1.77. The molecule has 12 heteroatoms. The van der Waals surface area contributed by atoms with Gasteiger partial charge in [-0.3, -0.25) is 0 Å². The van der Waals surface area contributed by atoms with Gasteiger partial charge < -0.3 is 29.0 Å². The molecule has 5 heterocycles. The van der Waals surface area contributed by atoms with E-state index in [-0.39, 0.29) is 41.3 Å². The van der Waals surface area contributed by atoms with Crippen molar-refractivity contribution in [3.05, 3.63) is 40.7 Å². The van der Waals surface area contributed by atoms with Gasteiger partial charge in [-0.1, -0.05) is 11.6 Å². The molecule has 5 rings (SSSR count). The van der Waals surface area contributed by atoms with E-state index in [4.69, 9.17) is 30.5 Å². The van der Waals surface area contributed by atoms with Crippen LogP contribution in [0.2, 0.25) is 5.02 Å². The number of imidazole rings is 1. The lowest BCUT2D eigenvalue weighted by molar-refractivity contribution is 0.00706. The topological polar surface area (TPSA) is 112 Å². The molecule has 9 nitrogen and oxygen atoms in total. The standard InChI is InChI=1S/C18H15ClF2N4O5/c19-8-3-10-16(24-17(8)29-4-7-9(20)1-2-22-15(7)21)25-18(23-10)30-12-6-28-13-11(26)5-27-14(12)13/h1-3,11-14,26H,4-6H2,(H,23,24,25)/t11-,12-,13-,14?/m1/s1. The van der Waals surface area contributed by atoms with Crippen LogP contribution in [0.25, 0.3) is 11.2 Å². The number of aromatic amines is 1. The lowest BCUT2D eigenvalue weighted by Gasteiger charge is -2.15. The molecule has 3 aromatic rings. The summed E-state index contributed by atoms with van der Waals surface area (Å²) in [5.41, 5.74) is 0.374. The van der Waals surface area contributed by atoms with Gasteiger partial charge in [0.1, 0.15) is 35.8 Å². The van der Waals surface area contributed by atoms with Crippen molar-refractivity contribution in [2.45, 2.75) is 31.0 Å². The SMILES string of the molecule is O[C@@H]1COC2[C@H](Oc3nc4nc(OCc5c(F)ccnc5F)c(Cl)cc4[nH]3)CO[C@@H]21. The first-order valence-corrected chi connectivity index (χ1v) is 9.43. The van der Waals surface area contributed by atoms with E-state index in [2.05, 4.69) is 19.9 Å². The summed E-state index contributed by atoms with van der Waals surface area (Å²) in [5.74, 6) is -1.80. The Kier molecular flexibility index (Phi) is 4.89. The Hall–Kier alpha value is -2.60. The molecule has 2 aliphatic rings. The summed E-state index contributed by atoms with van der Waals surface area (Å²) >= 11 is 6.17. The highest BCUT2D eigenvalue weighted by Crippen LogP contribution is 2.31. The van der Waals surface area contributed by atoms with Crippen molar-refractivity contribution >= 4 is 22.8 Å². The molecule has 0 spiro atoms. The van der Waals surface area contributed by atoms with Gasteiger partial charge in [0, 0.05) is 6.20 Å². The maximum absolute atomic E-state index is 13.7. The number of H-pyrrole nitrogens is 1. The third-order valence-electron chi connectivity index (χ3n) is 4.92. The Labute approximate surface area is 172 Å². The Balaban J connectivity index is 1.33. The van der Waals surface area contributed by atoms with E-state index in [0.29, 0.717) is 5.52 Å². The largest absolute Gasteiger partial charge is 0.471 e. The van der Waals surface area contributed by atoms with E-state index in [1.807, 2.05) is 0 Å². The molecular formula is C18H15ClF2N4O5. The first kappa shape index (κ1) is 19.4. The van der Waals surface area contributed by atoms with Gasteiger partial charge in [-0.05, 0) is 12.1 Å². The monoisotopic (exact) mass is 440 g/mol. The molecule has 1 unspecified atom stereocenters. The fraction of sp³-hybridized carbons (Fsp3) is 0.389. The molecule has 2 fully saturated rings. The van der Waals surface area contributed by atoms with Gasteiger partial charge in [-0.2, -0.15) is 14.4 Å². The summed E-state index contributed by atoms with van der Waals surface area (Å²) in [6.07, 6.45) is -0.941. The zero-order valence-electron chi connectivity index (χ0n) is 15.2. The van der Waals surface area contributed by atoms with Crippen molar-refractivity contribution in [2.24, 2.45) is 0 Å². The number of fused-ring (bicyclic) bond motifs is 2. The van der Waals surface area contributed by atoms with Crippen molar-refractivity contribution in [3.63, 3.8) is 0 Å². The van der Waals surface area contributed by atoms with Gasteiger partial charge >= 0.3 is 0 Å². The number of aromatic nitrogens is 4. The first-order chi connectivity index (χ1) is 14.5. The van der Waals surface area contributed by atoms with E-state index in [1.54, 1.807) is 0 Å². The van der Waals surface area contributed by atoms with Crippen molar-refractivity contribution in [2.75, 3.05) is 13.2 Å². The summed E-state index contributed by atoms with van der Waals surface area (Å²) in [7, 11) is 0. The highest BCUT2D eigenvalue weighted by atomic mass is 35.5. The van der Waals surface area contributed by atoms with E-state index in [1.165, 1.54) is 6.07 Å². The minimum absolute atomic E-state index is 0.0450. The second-order valence-corrected chi connectivity index (χ2v) is 7.27. The second kappa shape index (κ2) is 7.58. The zero-order chi connectivity index (χ0) is 20.8. The molecule has 0 aromatic carbocycles. The quantitative estimate of drug-likeness (QED) is 0.577. The average molecular weight is 441 g/mol. The van der Waals surface area contributed by atoms with Gasteiger partial charge in [-0.15, -0.1) is 0 Å². The predicted molar refractivity (Wildman–Crippen MR) is 97.3 cm³/mol. The summed E-state index contributed by atoms with van der Waals surface area (Å²) in [5, 5.41) is 9.93. The number of aliphatic hydroxyl groups is 1. The van der Waals surface area contributed by atoms with Crippen LogP contribution in [-0.2, 0) is 16.1 Å². The molecule has 2 saturated heterocycles. The van der Waals surface area contributed by atoms with Gasteiger partial charge in [-0.25, -0.2) is 9.37 Å². The van der Waals surface area contributed by atoms with Crippen molar-refractivity contribution in [3.8, 4) is 11.9 Å². The van der Waals surface area contributed by atoms with E-state index in [9.17, 15) is 13.9 Å². The van der Waals surface area contributed by atoms with E-state index in [0.717, 1.165) is 12.3 Å². The summed E-state index contributed by atoms with van der Waals surface area (Å²) in [4.78, 5) is 14.7. The van der Waals surface area contributed by atoms with Gasteiger partial charge in [0.2, 0.25) is 11.8 Å². The Morgan fingerprint density at radius 1 is 1.23 bits per heavy atom. The number of nitrogens with one attached hydrogen (secondary N) is 1. The van der Waals surface area contributed by atoms with Crippen molar-refractivity contribution in [1.29, 1.82) is 0 Å². The first-order valence-electron chi connectivity index (χ1n) is 9.05. The van der Waals surface area contributed by atoms with Crippen LogP contribution in [0.5, 0.6) is 11.9 Å². The fourth-order valence-corrected chi connectivity index (χ4v) is 3.64. The second-order valence-electron chi connectivity index (χ2n) is 6.86. The lowest BCUT2D eigenvalue weighted by Crippen LogP contribution is -2.34. The smallest absolute Gasteiger partial charge is 0.296 e. The summed E-state index contributed by atoms with van der Waals surface area (Å²) in [6, 6.07) is 2.70. The third-order valence-corrected chi connectivity index (χ3v) is 5.19. The molecule has 0 saturated carbocycles. The number of hydrogen-bond acceptors (Lipinski definition) is 8. The van der Waals surface area contributed by atoms with E-state index < -0.39 is 42.8 Å². The maximum atomic E-state index is 13.7. The molecular weight excluding hydrogens is 426 g/mol. The minimum atomic E-state index is -0.973. The van der Waals surface area contributed by atoms with Crippen LogP contribution in [0.4, 0.5) is 8.78 Å². The van der Waals surface area contributed by atoms with Gasteiger partial charge in [0.05, 0.1) is 24.3 Å². The summed E-state index contributed by atoms with van der Waals surface area (Å²) < 4.78 is 49.6. The van der Waals surface area contributed by atoms with Crippen LogP contribution >= 0.6 is 11.6 Å². The van der Waals surface area contributed by atoms with Crippen LogP contribution in [-0.4, -0.2) is 62.7 Å². The van der Waals surface area contributed by atoms with Crippen molar-refractivity contribution < 1.29 is 32.8 Å². The third kappa shape index (κ3) is 3.43. The Bertz CT molecular complexity index is 1080. The molecule has 2 N–H and O–H groups in total. The number of ether oxygens (including phenoxy) is 4. The molecule has 0 bridgehead atoms. The van der Waals surface area contributed by atoms with E-state index >= 15 is 0 Å². The molecule has 0 aliphatic carbocycles. The maximum Gasteiger partial charge on any atom is 0.296 e. The number of rotatable bonds is 5. The fourth-order valence-electron chi connectivity index (χ4n) is 3.44. The molecule has 3 aromatic heterocycles. The highest BCUT2D eigenvalue weighted by Gasteiger charge is 2.48. The average Bonchev–Trinajstić information content (AvgIpc) is 3.39.